The average Bonchev–Trinajstić information content (AvgIpc) is 2.37. The van der Waals surface area contributed by atoms with Gasteiger partial charge < -0.3 is 4.74 Å². The van der Waals surface area contributed by atoms with E-state index >= 15 is 0 Å². The lowest BCUT2D eigenvalue weighted by Gasteiger charge is -2.10. The van der Waals surface area contributed by atoms with Gasteiger partial charge in [-0.2, -0.15) is 0 Å². The van der Waals surface area contributed by atoms with Crippen molar-refractivity contribution in [1.29, 1.82) is 0 Å². The number of hydrogen-bond acceptors (Lipinski definition) is 3. The van der Waals surface area contributed by atoms with Gasteiger partial charge in [0.25, 0.3) is 9.05 Å². The Morgan fingerprint density at radius 1 is 1.16 bits per heavy atom. The Morgan fingerprint density at radius 2 is 1.84 bits per heavy atom. The summed E-state index contributed by atoms with van der Waals surface area (Å²) in [5, 5.41) is 1.29. The minimum absolute atomic E-state index is 0.0980. The van der Waals surface area contributed by atoms with Crippen molar-refractivity contribution in [2.75, 3.05) is 6.61 Å². The highest BCUT2D eigenvalue weighted by atomic mass is 35.7. The Kier molecular flexibility index (Phi) is 4.12. The van der Waals surface area contributed by atoms with Crippen LogP contribution < -0.4 is 4.74 Å². The third-order valence-electron chi connectivity index (χ3n) is 2.69. The van der Waals surface area contributed by atoms with Gasteiger partial charge in [-0.05, 0) is 18.6 Å². The molecule has 0 unspecified atom stereocenters. The molecule has 2 aromatic rings. The molecule has 0 bridgehead atoms. The Balaban J connectivity index is 2.55. The van der Waals surface area contributed by atoms with E-state index in [9.17, 15) is 8.42 Å². The van der Waals surface area contributed by atoms with E-state index in [1.54, 1.807) is 24.3 Å². The Labute approximate surface area is 116 Å². The topological polar surface area (TPSA) is 43.4 Å². The van der Waals surface area contributed by atoms with Crippen LogP contribution in [-0.4, -0.2) is 15.0 Å². The van der Waals surface area contributed by atoms with E-state index in [2.05, 4.69) is 6.58 Å². The van der Waals surface area contributed by atoms with Crippen LogP contribution in [0.25, 0.3) is 10.8 Å². The van der Waals surface area contributed by atoms with Crippen molar-refractivity contribution in [1.82, 2.24) is 0 Å². The summed E-state index contributed by atoms with van der Waals surface area (Å²) in [7, 11) is 1.66. The minimum Gasteiger partial charge on any atom is -0.493 e. The van der Waals surface area contributed by atoms with E-state index < -0.39 is 9.05 Å². The Bertz CT molecular complexity index is 708. The monoisotopic (exact) mass is 296 g/mol. The fourth-order valence-electron chi connectivity index (χ4n) is 1.83. The maximum Gasteiger partial charge on any atom is 0.261 e. The van der Waals surface area contributed by atoms with Gasteiger partial charge in [-0.25, -0.2) is 8.42 Å². The maximum atomic E-state index is 11.5. The van der Waals surface area contributed by atoms with Crippen molar-refractivity contribution in [3.8, 4) is 5.75 Å². The average molecular weight is 297 g/mol. The molecule has 2 rings (SSSR count). The predicted molar refractivity (Wildman–Crippen MR) is 77.3 cm³/mol. The van der Waals surface area contributed by atoms with E-state index in [1.165, 1.54) is 6.07 Å². The number of rotatable bonds is 5. The fraction of sp³-hybridized carbons (Fsp3) is 0.143. The van der Waals surface area contributed by atoms with Gasteiger partial charge >= 0.3 is 0 Å². The second-order valence-electron chi connectivity index (χ2n) is 3.97. The van der Waals surface area contributed by atoms with Crippen LogP contribution in [0.15, 0.2) is 53.9 Å². The number of ether oxygens (including phenoxy) is 1. The number of hydrogen-bond donors (Lipinski definition) is 0. The minimum atomic E-state index is -3.77. The summed E-state index contributed by atoms with van der Waals surface area (Å²) in [4.78, 5) is 0.0980. The molecule has 2 aromatic carbocycles. The third kappa shape index (κ3) is 3.08. The lowest BCUT2D eigenvalue weighted by Crippen LogP contribution is -1.98. The first-order valence-electron chi connectivity index (χ1n) is 5.74. The number of benzene rings is 2. The number of halogens is 1. The molecule has 3 nitrogen and oxygen atoms in total. The van der Waals surface area contributed by atoms with Crippen LogP contribution in [0.1, 0.15) is 6.42 Å². The molecular weight excluding hydrogens is 284 g/mol. The summed E-state index contributed by atoms with van der Waals surface area (Å²) in [5.74, 6) is 0.640. The predicted octanol–water partition coefficient (Wildman–Crippen LogP) is 3.72. The summed E-state index contributed by atoms with van der Waals surface area (Å²) in [6.45, 7) is 4.12. The first kappa shape index (κ1) is 13.9. The molecule has 0 amide bonds. The van der Waals surface area contributed by atoms with Crippen molar-refractivity contribution in [3.05, 3.63) is 49.1 Å². The van der Waals surface area contributed by atoms with Crippen LogP contribution in [0.5, 0.6) is 5.75 Å². The molecule has 0 aliphatic carbocycles. The smallest absolute Gasteiger partial charge is 0.261 e. The molecule has 0 atom stereocenters. The molecule has 0 fully saturated rings. The van der Waals surface area contributed by atoms with Gasteiger partial charge in [-0.1, -0.05) is 30.3 Å². The molecule has 100 valence electrons. The van der Waals surface area contributed by atoms with Gasteiger partial charge in [-0.3, -0.25) is 0 Å². The summed E-state index contributed by atoms with van der Waals surface area (Å²) in [6.07, 6.45) is 2.49. The van der Waals surface area contributed by atoms with E-state index in [4.69, 9.17) is 15.4 Å². The zero-order chi connectivity index (χ0) is 13.9. The molecule has 0 aromatic heterocycles. The SMILES string of the molecule is C=CCCOc1ccc(S(=O)(=O)Cl)c2ccccc12. The van der Waals surface area contributed by atoms with Crippen LogP contribution >= 0.6 is 10.7 Å². The lowest BCUT2D eigenvalue weighted by atomic mass is 10.1. The molecule has 0 N–H and O–H groups in total. The van der Waals surface area contributed by atoms with E-state index in [0.29, 0.717) is 17.7 Å². The first-order valence-corrected chi connectivity index (χ1v) is 8.05. The molecular formula is C14H13ClO3S. The lowest BCUT2D eigenvalue weighted by molar-refractivity contribution is 0.329. The highest BCUT2D eigenvalue weighted by molar-refractivity contribution is 8.14. The van der Waals surface area contributed by atoms with E-state index in [0.717, 1.165) is 11.8 Å². The highest BCUT2D eigenvalue weighted by Crippen LogP contribution is 2.32. The zero-order valence-corrected chi connectivity index (χ0v) is 11.7. The molecule has 0 heterocycles. The molecule has 5 heteroatoms. The summed E-state index contributed by atoms with van der Waals surface area (Å²) in [5.41, 5.74) is 0. The molecule has 0 saturated carbocycles. The standard InChI is InChI=1S/C14H13ClO3S/c1-2-3-10-18-13-8-9-14(19(15,16)17)12-7-5-4-6-11(12)13/h2,4-9H,1,3,10H2. The molecule has 0 spiro atoms. The van der Waals surface area contributed by atoms with Crippen molar-refractivity contribution >= 4 is 30.5 Å². The van der Waals surface area contributed by atoms with Crippen molar-refractivity contribution in [3.63, 3.8) is 0 Å². The molecule has 0 saturated heterocycles. The summed E-state index contributed by atoms with van der Waals surface area (Å²) >= 11 is 0. The second kappa shape index (κ2) is 5.63. The Morgan fingerprint density at radius 3 is 2.47 bits per heavy atom. The number of fused-ring (bicyclic) bond motifs is 1. The third-order valence-corrected chi connectivity index (χ3v) is 4.07. The van der Waals surface area contributed by atoms with Gasteiger partial charge in [0.2, 0.25) is 0 Å². The van der Waals surface area contributed by atoms with Crippen LogP contribution in [0.3, 0.4) is 0 Å². The molecule has 0 radical (unpaired) electrons. The van der Waals surface area contributed by atoms with Crippen molar-refractivity contribution < 1.29 is 13.2 Å². The van der Waals surface area contributed by atoms with Gasteiger partial charge in [0.1, 0.15) is 5.75 Å². The largest absolute Gasteiger partial charge is 0.493 e. The van der Waals surface area contributed by atoms with Crippen LogP contribution in [-0.2, 0) is 9.05 Å². The first-order chi connectivity index (χ1) is 9.04. The van der Waals surface area contributed by atoms with Crippen LogP contribution in [0.2, 0.25) is 0 Å². The fourth-order valence-corrected chi connectivity index (χ4v) is 2.91. The molecule has 19 heavy (non-hydrogen) atoms. The Hall–Kier alpha value is -1.52. The summed E-state index contributed by atoms with van der Waals surface area (Å²) in [6, 6.07) is 10.2. The van der Waals surface area contributed by atoms with Crippen molar-refractivity contribution in [2.24, 2.45) is 0 Å². The van der Waals surface area contributed by atoms with Crippen molar-refractivity contribution in [2.45, 2.75) is 11.3 Å². The van der Waals surface area contributed by atoms with Gasteiger partial charge in [-0.15, -0.1) is 6.58 Å². The normalized spacial score (nSPS) is 11.4. The second-order valence-corrected chi connectivity index (χ2v) is 6.51. The molecule has 0 aliphatic rings. The van der Waals surface area contributed by atoms with Gasteiger partial charge in [0.15, 0.2) is 0 Å². The maximum absolute atomic E-state index is 11.5. The zero-order valence-electron chi connectivity index (χ0n) is 10.2. The van der Waals surface area contributed by atoms with Crippen LogP contribution in [0.4, 0.5) is 0 Å². The quantitative estimate of drug-likeness (QED) is 0.480. The van der Waals surface area contributed by atoms with Gasteiger partial charge in [0.05, 0.1) is 11.5 Å². The van der Waals surface area contributed by atoms with Crippen LogP contribution in [0, 0.1) is 0 Å². The van der Waals surface area contributed by atoms with Gasteiger partial charge in [0, 0.05) is 21.5 Å². The summed E-state index contributed by atoms with van der Waals surface area (Å²) < 4.78 is 28.7. The molecule has 0 aliphatic heterocycles. The van der Waals surface area contributed by atoms with E-state index in [1.807, 2.05) is 12.1 Å². The highest BCUT2D eigenvalue weighted by Gasteiger charge is 2.16. The van der Waals surface area contributed by atoms with E-state index in [-0.39, 0.29) is 4.90 Å².